The van der Waals surface area contributed by atoms with Crippen LogP contribution in [-0.2, 0) is 19.0 Å². The van der Waals surface area contributed by atoms with Gasteiger partial charge < -0.3 is 34.2 Å². The van der Waals surface area contributed by atoms with Gasteiger partial charge >= 0.3 is 0 Å². The molecule has 1 aromatic carbocycles. The van der Waals surface area contributed by atoms with Gasteiger partial charge in [0.15, 0.2) is 5.78 Å². The zero-order valence-electron chi connectivity index (χ0n) is 26.7. The summed E-state index contributed by atoms with van der Waals surface area (Å²) >= 11 is 0. The topological polar surface area (TPSA) is 122 Å². The van der Waals surface area contributed by atoms with E-state index in [0.717, 1.165) is 54.1 Å². The number of nitrogens with zero attached hydrogens (tertiary/aromatic N) is 5. The van der Waals surface area contributed by atoms with Gasteiger partial charge in [-0.05, 0) is 82.0 Å². The summed E-state index contributed by atoms with van der Waals surface area (Å²) in [4.78, 5) is 17.1. The average Bonchev–Trinajstić information content (AvgIpc) is 3.52. The van der Waals surface area contributed by atoms with Crippen molar-refractivity contribution in [3.63, 3.8) is 0 Å². The van der Waals surface area contributed by atoms with Crippen molar-refractivity contribution in [1.82, 2.24) is 19.9 Å². The number of hydrogen-bond donors (Lipinski definition) is 2. The van der Waals surface area contributed by atoms with Crippen molar-refractivity contribution in [2.45, 2.75) is 40.5 Å². The van der Waals surface area contributed by atoms with Gasteiger partial charge in [-0.2, -0.15) is 0 Å². The number of aliphatic hydroxyl groups excluding tert-OH is 2. The quantitative estimate of drug-likeness (QED) is 0.160. The van der Waals surface area contributed by atoms with E-state index in [4.69, 9.17) is 19.3 Å². The smallest absolute Gasteiger partial charge is 0.162 e. The summed E-state index contributed by atoms with van der Waals surface area (Å²) in [6, 6.07) is 6.33. The van der Waals surface area contributed by atoms with Gasteiger partial charge in [0.1, 0.15) is 5.69 Å². The summed E-state index contributed by atoms with van der Waals surface area (Å²) in [5.74, 6) is -0.0648. The normalized spacial score (nSPS) is 13.5. The number of rotatable bonds is 21. The highest BCUT2D eigenvalue weighted by molar-refractivity contribution is 6.23. The van der Waals surface area contributed by atoms with Crippen LogP contribution >= 0.6 is 0 Å². The lowest BCUT2D eigenvalue weighted by Gasteiger charge is -2.28. The van der Waals surface area contributed by atoms with E-state index in [0.29, 0.717) is 64.0 Å². The lowest BCUT2D eigenvalue weighted by Crippen LogP contribution is -2.31. The molecule has 3 rings (SSSR count). The fraction of sp³-hybridized carbons (Fsp3) is 0.545. The largest absolute Gasteiger partial charge is 0.395 e. The van der Waals surface area contributed by atoms with Crippen LogP contribution < -0.4 is 4.90 Å². The van der Waals surface area contributed by atoms with Crippen LogP contribution in [0.15, 0.2) is 42.2 Å². The Balaban J connectivity index is 1.63. The summed E-state index contributed by atoms with van der Waals surface area (Å²) in [6.45, 7) is 13.6. The fourth-order valence-corrected chi connectivity index (χ4v) is 4.98. The number of carbonyl (C=O) groups is 1. The van der Waals surface area contributed by atoms with Crippen LogP contribution in [0, 0.1) is 6.92 Å². The summed E-state index contributed by atoms with van der Waals surface area (Å²) < 4.78 is 18.1. The van der Waals surface area contributed by atoms with Crippen LogP contribution in [0.25, 0.3) is 17.3 Å². The van der Waals surface area contributed by atoms with Crippen molar-refractivity contribution in [2.24, 2.45) is 0 Å². The summed E-state index contributed by atoms with van der Waals surface area (Å²) in [5, 5.41) is 27.0. The number of ether oxygens (including phenoxy) is 3. The van der Waals surface area contributed by atoms with Crippen molar-refractivity contribution in [3.05, 3.63) is 59.1 Å². The molecule has 11 nitrogen and oxygen atoms in total. The highest BCUT2D eigenvalue weighted by atomic mass is 16.5. The van der Waals surface area contributed by atoms with Crippen molar-refractivity contribution in [1.29, 1.82) is 0 Å². The molecule has 0 fully saturated rings. The van der Waals surface area contributed by atoms with Gasteiger partial charge in [-0.1, -0.05) is 11.3 Å². The SMILES string of the molecule is CCN(CC)c1ccc(C)c(C=C(C(C)=O)c2cn(C3=CC=C(N(CCO)CCOCCOCCOCCO)CC3)nn2)c1. The monoisotopic (exact) mass is 611 g/mol. The Morgan fingerprint density at radius 2 is 1.64 bits per heavy atom. The van der Waals surface area contributed by atoms with Gasteiger partial charge in [0.2, 0.25) is 0 Å². The summed E-state index contributed by atoms with van der Waals surface area (Å²) in [6.07, 6.45) is 9.33. The second kappa shape index (κ2) is 19.1. The molecule has 44 heavy (non-hydrogen) atoms. The predicted molar refractivity (Wildman–Crippen MR) is 173 cm³/mol. The number of aromatic nitrogens is 3. The second-order valence-corrected chi connectivity index (χ2v) is 10.5. The number of carbonyl (C=O) groups excluding carboxylic acids is 1. The molecule has 11 heteroatoms. The standard InChI is InChI=1S/C33H49N5O6/c1-5-36(6-2)31-8-7-26(3)28(23-31)24-32(27(4)41)33-25-38(35-34-33)30-11-9-29(10-12-30)37(13-15-39)14-17-42-19-21-44-22-20-43-18-16-40/h7-9,11,23-25,39-40H,5-6,10,12-22H2,1-4H3. The van der Waals surface area contributed by atoms with E-state index < -0.39 is 0 Å². The molecule has 1 aliphatic carbocycles. The Kier molecular flexibility index (Phi) is 15.3. The lowest BCUT2D eigenvalue weighted by atomic mass is 10.0. The van der Waals surface area contributed by atoms with Crippen molar-refractivity contribution in [2.75, 3.05) is 83.9 Å². The molecule has 0 atom stereocenters. The van der Waals surface area contributed by atoms with Crippen LogP contribution in [-0.4, -0.2) is 115 Å². The number of anilines is 1. The number of hydrogen-bond acceptors (Lipinski definition) is 10. The molecule has 0 amide bonds. The molecule has 1 aromatic heterocycles. The molecule has 1 heterocycles. The maximum atomic E-state index is 12.7. The number of Topliss-reactive ketones (excluding diaryl/α,β-unsaturated/α-hetero) is 1. The highest BCUT2D eigenvalue weighted by Crippen LogP contribution is 2.27. The van der Waals surface area contributed by atoms with Crippen LogP contribution in [0.2, 0.25) is 0 Å². The van der Waals surface area contributed by atoms with Crippen molar-refractivity contribution >= 4 is 28.8 Å². The number of allylic oxidation sites excluding steroid dienone is 5. The summed E-state index contributed by atoms with van der Waals surface area (Å²) in [5.41, 5.74) is 6.38. The van der Waals surface area contributed by atoms with E-state index in [1.54, 1.807) is 11.6 Å². The number of ketones is 1. The first kappa shape index (κ1) is 35.1. The van der Waals surface area contributed by atoms with E-state index in [1.807, 2.05) is 25.3 Å². The Labute approximate surface area is 261 Å². The van der Waals surface area contributed by atoms with Gasteiger partial charge in [0.25, 0.3) is 0 Å². The molecular formula is C33H49N5O6. The second-order valence-electron chi connectivity index (χ2n) is 10.5. The first-order valence-corrected chi connectivity index (χ1v) is 15.5. The minimum Gasteiger partial charge on any atom is -0.395 e. The molecule has 1 aliphatic rings. The number of benzene rings is 1. The maximum Gasteiger partial charge on any atom is 0.162 e. The maximum absolute atomic E-state index is 12.7. The van der Waals surface area contributed by atoms with Crippen LogP contribution in [0.5, 0.6) is 0 Å². The molecule has 2 N–H and O–H groups in total. The predicted octanol–water partition coefficient (Wildman–Crippen LogP) is 3.42. The third kappa shape index (κ3) is 10.7. The Morgan fingerprint density at radius 1 is 0.932 bits per heavy atom. The Morgan fingerprint density at radius 3 is 2.25 bits per heavy atom. The molecule has 0 saturated carbocycles. The molecule has 0 bridgehead atoms. The number of aliphatic hydroxyl groups is 2. The van der Waals surface area contributed by atoms with Gasteiger partial charge in [-0.25, -0.2) is 4.68 Å². The third-order valence-corrected chi connectivity index (χ3v) is 7.50. The van der Waals surface area contributed by atoms with E-state index in [2.05, 4.69) is 58.2 Å². The zero-order chi connectivity index (χ0) is 31.7. The van der Waals surface area contributed by atoms with Crippen LogP contribution in [0.1, 0.15) is 50.4 Å². The zero-order valence-corrected chi connectivity index (χ0v) is 26.7. The Hall–Kier alpha value is -3.35. The van der Waals surface area contributed by atoms with E-state index in [9.17, 15) is 9.90 Å². The molecule has 0 spiro atoms. The third-order valence-electron chi connectivity index (χ3n) is 7.50. The van der Waals surface area contributed by atoms with Crippen molar-refractivity contribution < 1.29 is 29.2 Å². The number of aryl methyl sites for hydroxylation is 1. The lowest BCUT2D eigenvalue weighted by molar-refractivity contribution is -0.111. The van der Waals surface area contributed by atoms with E-state index in [1.165, 1.54) is 0 Å². The molecule has 0 aliphatic heterocycles. The first-order valence-electron chi connectivity index (χ1n) is 15.5. The van der Waals surface area contributed by atoms with Crippen LogP contribution in [0.3, 0.4) is 0 Å². The molecular weight excluding hydrogens is 562 g/mol. The molecule has 0 radical (unpaired) electrons. The average molecular weight is 612 g/mol. The summed E-state index contributed by atoms with van der Waals surface area (Å²) in [7, 11) is 0. The van der Waals surface area contributed by atoms with Gasteiger partial charge in [0, 0.05) is 48.8 Å². The van der Waals surface area contributed by atoms with E-state index >= 15 is 0 Å². The minimum absolute atomic E-state index is 0.00920. The Bertz CT molecular complexity index is 1270. The minimum atomic E-state index is -0.0648. The fourth-order valence-electron chi connectivity index (χ4n) is 4.98. The molecule has 2 aromatic rings. The molecule has 0 unspecified atom stereocenters. The van der Waals surface area contributed by atoms with Gasteiger partial charge in [-0.15, -0.1) is 5.10 Å². The highest BCUT2D eigenvalue weighted by Gasteiger charge is 2.18. The van der Waals surface area contributed by atoms with Crippen molar-refractivity contribution in [3.8, 4) is 0 Å². The van der Waals surface area contributed by atoms with Gasteiger partial charge in [0.05, 0.1) is 59.1 Å². The molecule has 0 saturated heterocycles. The van der Waals surface area contributed by atoms with Gasteiger partial charge in [-0.3, -0.25) is 4.79 Å². The molecule has 242 valence electrons. The van der Waals surface area contributed by atoms with Crippen LogP contribution in [0.4, 0.5) is 5.69 Å². The first-order chi connectivity index (χ1) is 21.4. The van der Waals surface area contributed by atoms with E-state index in [-0.39, 0.29) is 19.0 Å².